The quantitative estimate of drug-likeness (QED) is 0.518. The zero-order chi connectivity index (χ0) is 19.5. The van der Waals surface area contributed by atoms with Crippen LogP contribution in [0.15, 0.2) is 78.0 Å². The molecule has 2 aromatic carbocycles. The SMILES string of the molecule is CCc1cccc(-c2nc(-c3ccc(S(C)=O)cc3)[nH]c2-c2ccncc2)c1. The normalized spacial score (nSPS) is 12.1. The molecule has 1 atom stereocenters. The van der Waals surface area contributed by atoms with Crippen LogP contribution in [-0.2, 0) is 17.2 Å². The molecule has 2 aromatic heterocycles. The Morgan fingerprint density at radius 3 is 2.36 bits per heavy atom. The van der Waals surface area contributed by atoms with Gasteiger partial charge in [-0.1, -0.05) is 37.3 Å². The molecule has 0 aliphatic rings. The number of hydrogen-bond acceptors (Lipinski definition) is 3. The monoisotopic (exact) mass is 387 g/mol. The van der Waals surface area contributed by atoms with Crippen molar-refractivity contribution in [1.82, 2.24) is 15.0 Å². The van der Waals surface area contributed by atoms with Crippen molar-refractivity contribution in [3.63, 3.8) is 0 Å². The molecule has 1 N–H and O–H groups in total. The van der Waals surface area contributed by atoms with Gasteiger partial charge in [0.2, 0.25) is 0 Å². The van der Waals surface area contributed by atoms with E-state index in [4.69, 9.17) is 4.98 Å². The summed E-state index contributed by atoms with van der Waals surface area (Å²) in [6.07, 6.45) is 6.23. The predicted octanol–water partition coefficient (Wildman–Crippen LogP) is 5.11. The van der Waals surface area contributed by atoms with E-state index < -0.39 is 10.8 Å². The maximum absolute atomic E-state index is 11.7. The third kappa shape index (κ3) is 3.66. The summed E-state index contributed by atoms with van der Waals surface area (Å²) < 4.78 is 11.7. The number of hydrogen-bond donors (Lipinski definition) is 1. The van der Waals surface area contributed by atoms with Crippen LogP contribution in [0, 0.1) is 0 Å². The van der Waals surface area contributed by atoms with E-state index in [9.17, 15) is 4.21 Å². The lowest BCUT2D eigenvalue weighted by atomic mass is 10.0. The van der Waals surface area contributed by atoms with E-state index in [1.165, 1.54) is 5.56 Å². The van der Waals surface area contributed by atoms with Crippen molar-refractivity contribution < 1.29 is 4.21 Å². The zero-order valence-electron chi connectivity index (χ0n) is 15.8. The Morgan fingerprint density at radius 1 is 0.929 bits per heavy atom. The van der Waals surface area contributed by atoms with Crippen molar-refractivity contribution in [2.24, 2.45) is 0 Å². The topological polar surface area (TPSA) is 58.6 Å². The van der Waals surface area contributed by atoms with Crippen molar-refractivity contribution in [3.8, 4) is 33.9 Å². The van der Waals surface area contributed by atoms with Gasteiger partial charge in [0, 0.05) is 51.0 Å². The standard InChI is InChI=1S/C23H21N3OS/c1-3-16-5-4-6-19(15-16)22-21(17-11-13-24-14-12-17)25-23(26-22)18-7-9-20(10-8-18)28(2)27/h4-15H,3H2,1-2H3,(H,25,26). The molecule has 0 radical (unpaired) electrons. The molecule has 0 spiro atoms. The molecule has 0 saturated carbocycles. The molecule has 5 heteroatoms. The average molecular weight is 388 g/mol. The van der Waals surface area contributed by atoms with Crippen LogP contribution in [0.5, 0.6) is 0 Å². The number of pyridine rings is 1. The summed E-state index contributed by atoms with van der Waals surface area (Å²) in [5, 5.41) is 0. The summed E-state index contributed by atoms with van der Waals surface area (Å²) in [5.74, 6) is 0.789. The van der Waals surface area contributed by atoms with Gasteiger partial charge >= 0.3 is 0 Å². The Bertz CT molecular complexity index is 1120. The van der Waals surface area contributed by atoms with Crippen molar-refractivity contribution in [2.45, 2.75) is 18.2 Å². The van der Waals surface area contributed by atoms with Crippen LogP contribution in [0.4, 0.5) is 0 Å². The molecular weight excluding hydrogens is 366 g/mol. The van der Waals surface area contributed by atoms with Crippen LogP contribution in [0.25, 0.3) is 33.9 Å². The van der Waals surface area contributed by atoms with Crippen LogP contribution in [0.1, 0.15) is 12.5 Å². The van der Waals surface area contributed by atoms with Crippen LogP contribution in [0.3, 0.4) is 0 Å². The molecule has 0 aliphatic carbocycles. The second-order valence-electron chi connectivity index (χ2n) is 6.58. The average Bonchev–Trinajstić information content (AvgIpc) is 3.20. The highest BCUT2D eigenvalue weighted by molar-refractivity contribution is 7.84. The van der Waals surface area contributed by atoms with Crippen molar-refractivity contribution in [1.29, 1.82) is 0 Å². The fourth-order valence-electron chi connectivity index (χ4n) is 3.19. The maximum atomic E-state index is 11.7. The first-order chi connectivity index (χ1) is 13.7. The molecule has 0 fully saturated rings. The maximum Gasteiger partial charge on any atom is 0.138 e. The fraction of sp³-hybridized carbons (Fsp3) is 0.130. The molecule has 0 saturated heterocycles. The van der Waals surface area contributed by atoms with Gasteiger partial charge in [-0.15, -0.1) is 0 Å². The number of aryl methyl sites for hydroxylation is 1. The van der Waals surface area contributed by atoms with E-state index >= 15 is 0 Å². The Balaban J connectivity index is 1.85. The number of aromatic nitrogens is 3. The van der Waals surface area contributed by atoms with Gasteiger partial charge in [0.1, 0.15) is 5.82 Å². The molecule has 28 heavy (non-hydrogen) atoms. The second kappa shape index (κ2) is 7.90. The van der Waals surface area contributed by atoms with Crippen molar-refractivity contribution in [3.05, 3.63) is 78.6 Å². The number of aromatic amines is 1. The molecule has 4 rings (SSSR count). The lowest BCUT2D eigenvalue weighted by Gasteiger charge is -2.04. The summed E-state index contributed by atoms with van der Waals surface area (Å²) in [5.41, 5.74) is 6.24. The first kappa shape index (κ1) is 18.3. The van der Waals surface area contributed by atoms with Gasteiger partial charge in [-0.25, -0.2) is 4.98 Å². The number of imidazole rings is 1. The Hall–Kier alpha value is -3.05. The molecule has 4 aromatic rings. The Labute approximate surface area is 167 Å². The van der Waals surface area contributed by atoms with E-state index in [2.05, 4.69) is 41.2 Å². The van der Waals surface area contributed by atoms with Crippen LogP contribution < -0.4 is 0 Å². The Kier molecular flexibility index (Phi) is 5.17. The molecule has 0 bridgehead atoms. The van der Waals surface area contributed by atoms with Gasteiger partial charge in [-0.3, -0.25) is 9.19 Å². The minimum atomic E-state index is -0.994. The number of nitrogens with one attached hydrogen (secondary N) is 1. The molecule has 2 heterocycles. The van der Waals surface area contributed by atoms with E-state index in [0.717, 1.165) is 45.2 Å². The van der Waals surface area contributed by atoms with Gasteiger partial charge in [-0.2, -0.15) is 0 Å². The van der Waals surface area contributed by atoms with Gasteiger partial charge in [-0.05, 0) is 42.3 Å². The highest BCUT2D eigenvalue weighted by Gasteiger charge is 2.15. The van der Waals surface area contributed by atoms with Gasteiger partial charge in [0.25, 0.3) is 0 Å². The fourth-order valence-corrected chi connectivity index (χ4v) is 3.71. The summed E-state index contributed by atoms with van der Waals surface area (Å²) in [6, 6.07) is 20.1. The number of benzene rings is 2. The predicted molar refractivity (Wildman–Crippen MR) is 114 cm³/mol. The van der Waals surface area contributed by atoms with Crippen LogP contribution in [0.2, 0.25) is 0 Å². The number of H-pyrrole nitrogens is 1. The van der Waals surface area contributed by atoms with E-state index in [1.54, 1.807) is 18.6 Å². The number of nitrogens with zero attached hydrogens (tertiary/aromatic N) is 2. The van der Waals surface area contributed by atoms with E-state index in [-0.39, 0.29) is 0 Å². The number of rotatable bonds is 5. The van der Waals surface area contributed by atoms with Gasteiger partial charge in [0.15, 0.2) is 0 Å². The van der Waals surface area contributed by atoms with Crippen LogP contribution in [-0.4, -0.2) is 25.4 Å². The molecular formula is C23H21N3OS. The van der Waals surface area contributed by atoms with Crippen molar-refractivity contribution in [2.75, 3.05) is 6.26 Å². The molecule has 1 unspecified atom stereocenters. The first-order valence-electron chi connectivity index (χ1n) is 9.19. The van der Waals surface area contributed by atoms with Gasteiger partial charge in [0.05, 0.1) is 11.4 Å². The minimum absolute atomic E-state index is 0.789. The lowest BCUT2D eigenvalue weighted by molar-refractivity contribution is 0.687. The zero-order valence-corrected chi connectivity index (χ0v) is 16.7. The first-order valence-corrected chi connectivity index (χ1v) is 10.7. The van der Waals surface area contributed by atoms with E-state index in [0.29, 0.717) is 0 Å². The summed E-state index contributed by atoms with van der Waals surface area (Å²) in [4.78, 5) is 13.3. The lowest BCUT2D eigenvalue weighted by Crippen LogP contribution is -1.87. The van der Waals surface area contributed by atoms with E-state index in [1.807, 2.05) is 36.4 Å². The third-order valence-corrected chi connectivity index (χ3v) is 5.68. The highest BCUT2D eigenvalue weighted by Crippen LogP contribution is 2.33. The van der Waals surface area contributed by atoms with Crippen molar-refractivity contribution >= 4 is 10.8 Å². The Morgan fingerprint density at radius 2 is 1.68 bits per heavy atom. The third-order valence-electron chi connectivity index (χ3n) is 4.74. The smallest absolute Gasteiger partial charge is 0.138 e. The molecule has 140 valence electrons. The largest absolute Gasteiger partial charge is 0.337 e. The summed E-state index contributed by atoms with van der Waals surface area (Å²) >= 11 is 0. The van der Waals surface area contributed by atoms with Crippen LogP contribution >= 0.6 is 0 Å². The highest BCUT2D eigenvalue weighted by atomic mass is 32.2. The summed E-state index contributed by atoms with van der Waals surface area (Å²) in [7, 11) is -0.994. The minimum Gasteiger partial charge on any atom is -0.337 e. The van der Waals surface area contributed by atoms with Gasteiger partial charge < -0.3 is 4.98 Å². The molecule has 4 nitrogen and oxygen atoms in total. The second-order valence-corrected chi connectivity index (χ2v) is 7.96. The molecule has 0 aliphatic heterocycles. The summed E-state index contributed by atoms with van der Waals surface area (Å²) in [6.45, 7) is 2.15. The molecule has 0 amide bonds.